The third-order valence-electron chi connectivity index (χ3n) is 3.12. The molecule has 0 bridgehead atoms. The van der Waals surface area contributed by atoms with Crippen molar-refractivity contribution in [1.29, 1.82) is 0 Å². The molecule has 0 aliphatic heterocycles. The van der Waals surface area contributed by atoms with Crippen LogP contribution in [-0.2, 0) is 16.6 Å². The fourth-order valence-corrected chi connectivity index (χ4v) is 2.14. The van der Waals surface area contributed by atoms with Gasteiger partial charge in [0.2, 0.25) is 0 Å². The lowest BCUT2D eigenvalue weighted by molar-refractivity contribution is -0.138. The minimum atomic E-state index is -0.981. The first kappa shape index (κ1) is 15.5. The quantitative estimate of drug-likeness (QED) is 0.875. The zero-order valence-corrected chi connectivity index (χ0v) is 12.3. The van der Waals surface area contributed by atoms with Gasteiger partial charge in [-0.25, -0.2) is 0 Å². The van der Waals surface area contributed by atoms with Crippen molar-refractivity contribution in [2.75, 3.05) is 7.11 Å². The van der Waals surface area contributed by atoms with Crippen molar-refractivity contribution in [2.45, 2.75) is 45.6 Å². The zero-order chi connectivity index (χ0) is 14.8. The molecule has 1 aromatic carbocycles. The Labute approximate surface area is 114 Å². The SMILES string of the molecule is COc1c(C)cc(CC(N)C(=O)O)cc1C(C)(C)C. The second-order valence-corrected chi connectivity index (χ2v) is 5.89. The topological polar surface area (TPSA) is 72.5 Å². The number of hydrogen-bond acceptors (Lipinski definition) is 3. The molecule has 0 saturated heterocycles. The van der Waals surface area contributed by atoms with Gasteiger partial charge < -0.3 is 15.6 Å². The van der Waals surface area contributed by atoms with Gasteiger partial charge in [-0.3, -0.25) is 4.79 Å². The van der Waals surface area contributed by atoms with Crippen LogP contribution in [0.2, 0.25) is 0 Å². The monoisotopic (exact) mass is 265 g/mol. The molecule has 0 aromatic heterocycles. The van der Waals surface area contributed by atoms with Gasteiger partial charge in [-0.05, 0) is 29.9 Å². The molecule has 0 radical (unpaired) electrons. The molecule has 0 heterocycles. The fraction of sp³-hybridized carbons (Fsp3) is 0.533. The third kappa shape index (κ3) is 3.70. The highest BCUT2D eigenvalue weighted by Gasteiger charge is 2.22. The molecule has 1 aromatic rings. The summed E-state index contributed by atoms with van der Waals surface area (Å²) >= 11 is 0. The molecule has 4 heteroatoms. The van der Waals surface area contributed by atoms with Crippen molar-refractivity contribution < 1.29 is 14.6 Å². The van der Waals surface area contributed by atoms with Crippen molar-refractivity contribution in [3.05, 3.63) is 28.8 Å². The first-order valence-corrected chi connectivity index (χ1v) is 6.33. The molecule has 0 spiro atoms. The number of aliphatic carboxylic acids is 1. The summed E-state index contributed by atoms with van der Waals surface area (Å²) in [5.74, 6) is -0.120. The van der Waals surface area contributed by atoms with Crippen LogP contribution in [0.1, 0.15) is 37.5 Å². The predicted molar refractivity (Wildman–Crippen MR) is 75.7 cm³/mol. The molecule has 1 rings (SSSR count). The van der Waals surface area contributed by atoms with E-state index in [2.05, 4.69) is 20.8 Å². The van der Waals surface area contributed by atoms with Crippen LogP contribution in [0.3, 0.4) is 0 Å². The number of hydrogen-bond donors (Lipinski definition) is 2. The maximum Gasteiger partial charge on any atom is 0.320 e. The van der Waals surface area contributed by atoms with E-state index in [-0.39, 0.29) is 5.41 Å². The maximum absolute atomic E-state index is 10.8. The Morgan fingerprint density at radius 1 is 1.42 bits per heavy atom. The second-order valence-electron chi connectivity index (χ2n) is 5.89. The number of nitrogens with two attached hydrogens (primary N) is 1. The van der Waals surface area contributed by atoms with Crippen molar-refractivity contribution >= 4 is 5.97 Å². The van der Waals surface area contributed by atoms with Gasteiger partial charge in [-0.2, -0.15) is 0 Å². The summed E-state index contributed by atoms with van der Waals surface area (Å²) in [6.07, 6.45) is 0.323. The molecular formula is C15H23NO3. The summed E-state index contributed by atoms with van der Waals surface area (Å²) in [5, 5.41) is 8.89. The Bertz CT molecular complexity index is 475. The van der Waals surface area contributed by atoms with Gasteiger partial charge in [0.05, 0.1) is 7.11 Å². The van der Waals surface area contributed by atoms with Crippen LogP contribution in [0.25, 0.3) is 0 Å². The van der Waals surface area contributed by atoms with E-state index in [1.807, 2.05) is 19.1 Å². The molecule has 0 aliphatic carbocycles. The molecular weight excluding hydrogens is 242 g/mol. The number of carbonyl (C=O) groups is 1. The molecule has 1 unspecified atom stereocenters. The highest BCUT2D eigenvalue weighted by molar-refractivity contribution is 5.73. The van der Waals surface area contributed by atoms with E-state index in [1.165, 1.54) is 0 Å². The van der Waals surface area contributed by atoms with Gasteiger partial charge in [-0.15, -0.1) is 0 Å². The number of methoxy groups -OCH3 is 1. The highest BCUT2D eigenvalue weighted by Crippen LogP contribution is 2.35. The van der Waals surface area contributed by atoms with Crippen LogP contribution < -0.4 is 10.5 Å². The second kappa shape index (κ2) is 5.61. The fourth-order valence-electron chi connectivity index (χ4n) is 2.14. The van der Waals surface area contributed by atoms with Crippen LogP contribution in [-0.4, -0.2) is 24.2 Å². The lowest BCUT2D eigenvalue weighted by atomic mass is 9.83. The molecule has 3 N–H and O–H groups in total. The zero-order valence-electron chi connectivity index (χ0n) is 12.3. The van der Waals surface area contributed by atoms with Gasteiger partial charge in [-0.1, -0.05) is 32.9 Å². The van der Waals surface area contributed by atoms with Crippen LogP contribution >= 0.6 is 0 Å². The van der Waals surface area contributed by atoms with E-state index in [1.54, 1.807) is 7.11 Å². The average molecular weight is 265 g/mol. The smallest absolute Gasteiger partial charge is 0.320 e. The first-order valence-electron chi connectivity index (χ1n) is 6.33. The minimum Gasteiger partial charge on any atom is -0.496 e. The summed E-state index contributed by atoms with van der Waals surface area (Å²) in [5.41, 5.74) is 8.53. The van der Waals surface area contributed by atoms with E-state index in [9.17, 15) is 4.79 Å². The standard InChI is InChI=1S/C15H23NO3/c1-9-6-10(8-12(16)14(17)18)7-11(13(9)19-5)15(2,3)4/h6-7,12H,8,16H2,1-5H3,(H,17,18). The van der Waals surface area contributed by atoms with E-state index in [4.69, 9.17) is 15.6 Å². The Balaban J connectivity index is 3.24. The van der Waals surface area contributed by atoms with Crippen molar-refractivity contribution in [3.63, 3.8) is 0 Å². The van der Waals surface area contributed by atoms with Crippen molar-refractivity contribution in [3.8, 4) is 5.75 Å². The molecule has 0 saturated carbocycles. The first-order chi connectivity index (χ1) is 8.66. The largest absolute Gasteiger partial charge is 0.496 e. The minimum absolute atomic E-state index is 0.0700. The number of benzene rings is 1. The lowest BCUT2D eigenvalue weighted by Crippen LogP contribution is -2.32. The Morgan fingerprint density at radius 2 is 2.00 bits per heavy atom. The third-order valence-corrected chi connectivity index (χ3v) is 3.12. The number of ether oxygens (including phenoxy) is 1. The van der Waals surface area contributed by atoms with Crippen LogP contribution in [0, 0.1) is 6.92 Å². The van der Waals surface area contributed by atoms with Crippen LogP contribution in [0.4, 0.5) is 0 Å². The van der Waals surface area contributed by atoms with Crippen LogP contribution in [0.15, 0.2) is 12.1 Å². The summed E-state index contributed by atoms with van der Waals surface area (Å²) in [7, 11) is 1.65. The van der Waals surface area contributed by atoms with Crippen molar-refractivity contribution in [1.82, 2.24) is 0 Å². The Kier molecular flexibility index (Phi) is 4.58. The predicted octanol–water partition coefficient (Wildman–Crippen LogP) is 2.26. The normalized spacial score (nSPS) is 13.2. The lowest BCUT2D eigenvalue weighted by Gasteiger charge is -2.24. The van der Waals surface area contributed by atoms with E-state index >= 15 is 0 Å². The van der Waals surface area contributed by atoms with Gasteiger partial charge in [0.15, 0.2) is 0 Å². The number of carboxylic acid groups (broad SMARTS) is 1. The van der Waals surface area contributed by atoms with Gasteiger partial charge in [0, 0.05) is 5.56 Å². The highest BCUT2D eigenvalue weighted by atomic mass is 16.5. The summed E-state index contributed by atoms with van der Waals surface area (Å²) in [6, 6.07) is 3.06. The van der Waals surface area contributed by atoms with E-state index in [0.29, 0.717) is 6.42 Å². The number of carboxylic acids is 1. The molecule has 0 fully saturated rings. The summed E-state index contributed by atoms with van der Waals surface area (Å²) in [4.78, 5) is 10.8. The van der Waals surface area contributed by atoms with Gasteiger partial charge >= 0.3 is 5.97 Å². The summed E-state index contributed by atoms with van der Waals surface area (Å²) in [6.45, 7) is 8.27. The molecule has 19 heavy (non-hydrogen) atoms. The Morgan fingerprint density at radius 3 is 2.42 bits per heavy atom. The number of rotatable bonds is 4. The van der Waals surface area contributed by atoms with E-state index < -0.39 is 12.0 Å². The summed E-state index contributed by atoms with van der Waals surface area (Å²) < 4.78 is 5.46. The average Bonchev–Trinajstić information content (AvgIpc) is 2.26. The van der Waals surface area contributed by atoms with Crippen LogP contribution in [0.5, 0.6) is 5.75 Å². The molecule has 106 valence electrons. The van der Waals surface area contributed by atoms with Gasteiger partial charge in [0.25, 0.3) is 0 Å². The molecule has 1 atom stereocenters. The molecule has 0 aliphatic rings. The van der Waals surface area contributed by atoms with Gasteiger partial charge in [0.1, 0.15) is 11.8 Å². The molecule has 4 nitrogen and oxygen atoms in total. The maximum atomic E-state index is 10.8. The molecule has 0 amide bonds. The van der Waals surface area contributed by atoms with Crippen molar-refractivity contribution in [2.24, 2.45) is 5.73 Å². The van der Waals surface area contributed by atoms with E-state index in [0.717, 1.165) is 22.4 Å². The Hall–Kier alpha value is -1.55. The number of aryl methyl sites for hydroxylation is 1.